The zero-order valence-corrected chi connectivity index (χ0v) is 17.7. The van der Waals surface area contributed by atoms with Crippen molar-refractivity contribution < 1.29 is 14.0 Å². The standard InChI is InChI=1S/C25H32N2O3/c1-11-2-7-17(30-11)16(27-25(29)23-20-14-5-6-15(9-14)21(20)23)10-26-24(28)22-18-12-3-4-13(8-12)19(18)22/h2,7,12-16,18-23H,3-6,8-10H2,1H3,(H,26,28)(H,27,29)/t12-,13+,14-,15+,16?,18+,19-,20+,21-,22?,23?. The third-order valence-electron chi connectivity index (χ3n) is 9.98. The number of rotatable bonds is 6. The molecule has 0 saturated heterocycles. The molecule has 11 atom stereocenters. The van der Waals surface area contributed by atoms with Gasteiger partial charge in [0.2, 0.25) is 11.8 Å². The highest BCUT2D eigenvalue weighted by Gasteiger charge is 2.68. The van der Waals surface area contributed by atoms with Crippen molar-refractivity contribution in [2.45, 2.75) is 51.5 Å². The molecule has 3 unspecified atom stereocenters. The van der Waals surface area contributed by atoms with E-state index in [2.05, 4.69) is 10.6 Å². The summed E-state index contributed by atoms with van der Waals surface area (Å²) < 4.78 is 5.86. The largest absolute Gasteiger partial charge is 0.464 e. The first-order chi connectivity index (χ1) is 14.6. The number of hydrogen-bond acceptors (Lipinski definition) is 3. The van der Waals surface area contributed by atoms with E-state index in [9.17, 15) is 9.59 Å². The molecule has 6 fully saturated rings. The Bertz CT molecular complexity index is 876. The molecule has 6 aliphatic carbocycles. The lowest BCUT2D eigenvalue weighted by Crippen LogP contribution is -2.40. The van der Waals surface area contributed by atoms with Crippen molar-refractivity contribution in [3.05, 3.63) is 23.7 Å². The fourth-order valence-corrected chi connectivity index (χ4v) is 8.80. The van der Waals surface area contributed by atoms with Crippen LogP contribution in [-0.4, -0.2) is 18.4 Å². The van der Waals surface area contributed by atoms with Crippen LogP contribution in [0.25, 0.3) is 0 Å². The Hall–Kier alpha value is -1.78. The van der Waals surface area contributed by atoms with Gasteiger partial charge in [-0.15, -0.1) is 0 Å². The van der Waals surface area contributed by atoms with Crippen molar-refractivity contribution in [2.24, 2.45) is 59.2 Å². The lowest BCUT2D eigenvalue weighted by atomic mass is 10.0. The van der Waals surface area contributed by atoms with Gasteiger partial charge < -0.3 is 15.1 Å². The van der Waals surface area contributed by atoms with Crippen LogP contribution in [0.15, 0.2) is 16.5 Å². The van der Waals surface area contributed by atoms with Crippen LogP contribution in [0.2, 0.25) is 0 Å². The maximum atomic E-state index is 13.1. The van der Waals surface area contributed by atoms with Gasteiger partial charge in [0.05, 0.1) is 0 Å². The van der Waals surface area contributed by atoms with Crippen LogP contribution in [0.3, 0.4) is 0 Å². The summed E-state index contributed by atoms with van der Waals surface area (Å²) in [6, 6.07) is 3.60. The minimum Gasteiger partial charge on any atom is -0.464 e. The number of nitrogens with one attached hydrogen (secondary N) is 2. The molecule has 0 spiro atoms. The van der Waals surface area contributed by atoms with E-state index in [-0.39, 0.29) is 29.7 Å². The van der Waals surface area contributed by atoms with Crippen LogP contribution in [0.1, 0.15) is 56.1 Å². The molecular weight excluding hydrogens is 376 g/mol. The highest BCUT2D eigenvalue weighted by atomic mass is 16.3. The van der Waals surface area contributed by atoms with E-state index in [1.165, 1.54) is 38.5 Å². The Labute approximate surface area is 177 Å². The maximum Gasteiger partial charge on any atom is 0.224 e. The summed E-state index contributed by atoms with van der Waals surface area (Å²) >= 11 is 0. The van der Waals surface area contributed by atoms with Gasteiger partial charge in [-0.3, -0.25) is 9.59 Å². The molecule has 2 amide bonds. The van der Waals surface area contributed by atoms with Crippen molar-refractivity contribution in [1.29, 1.82) is 0 Å². The number of carbonyl (C=O) groups excluding carboxylic acids is 2. The monoisotopic (exact) mass is 408 g/mol. The summed E-state index contributed by atoms with van der Waals surface area (Å²) in [5, 5.41) is 6.43. The van der Waals surface area contributed by atoms with Crippen molar-refractivity contribution in [3.63, 3.8) is 0 Å². The SMILES string of the molecule is Cc1ccc(C(CNC(=O)C2[C@@H]3[C@H]4CC[C@H](C4)[C@H]23)NC(=O)C2[C@@H]3[C@H]4CC[C@H](C4)[C@H]23)o1. The zero-order chi connectivity index (χ0) is 20.1. The Morgan fingerprint density at radius 1 is 0.900 bits per heavy atom. The number of aryl methyl sites for hydroxylation is 1. The fourth-order valence-electron chi connectivity index (χ4n) is 8.80. The molecule has 0 radical (unpaired) electrons. The van der Waals surface area contributed by atoms with Gasteiger partial charge in [-0.25, -0.2) is 0 Å². The normalized spacial score (nSPS) is 47.0. The Balaban J connectivity index is 1.02. The highest BCUT2D eigenvalue weighted by Crippen LogP contribution is 2.70. The van der Waals surface area contributed by atoms with Gasteiger partial charge in [0, 0.05) is 18.4 Å². The van der Waals surface area contributed by atoms with Crippen LogP contribution >= 0.6 is 0 Å². The van der Waals surface area contributed by atoms with E-state index in [4.69, 9.17) is 4.42 Å². The van der Waals surface area contributed by atoms with Crippen LogP contribution < -0.4 is 10.6 Å². The Kier molecular flexibility index (Phi) is 3.65. The first-order valence-electron chi connectivity index (χ1n) is 12.2. The second-order valence-corrected chi connectivity index (χ2v) is 11.3. The first-order valence-corrected chi connectivity index (χ1v) is 12.2. The van der Waals surface area contributed by atoms with E-state index in [0.29, 0.717) is 30.2 Å². The maximum absolute atomic E-state index is 13.1. The van der Waals surface area contributed by atoms with Gasteiger partial charge in [0.25, 0.3) is 0 Å². The van der Waals surface area contributed by atoms with Gasteiger partial charge in [-0.2, -0.15) is 0 Å². The summed E-state index contributed by atoms with van der Waals surface area (Å²) in [7, 11) is 0. The van der Waals surface area contributed by atoms with Crippen molar-refractivity contribution in [1.82, 2.24) is 10.6 Å². The topological polar surface area (TPSA) is 71.3 Å². The van der Waals surface area contributed by atoms with E-state index in [1.807, 2.05) is 19.1 Å². The summed E-state index contributed by atoms with van der Waals surface area (Å²) in [5.41, 5.74) is 0. The third kappa shape index (κ3) is 2.47. The molecule has 0 aliphatic heterocycles. The van der Waals surface area contributed by atoms with Crippen LogP contribution in [0.5, 0.6) is 0 Å². The van der Waals surface area contributed by atoms with Gasteiger partial charge >= 0.3 is 0 Å². The molecule has 6 aliphatic rings. The average molecular weight is 409 g/mol. The Morgan fingerprint density at radius 2 is 1.43 bits per heavy atom. The van der Waals surface area contributed by atoms with Crippen molar-refractivity contribution in [2.75, 3.05) is 6.54 Å². The molecular formula is C25H32N2O3. The van der Waals surface area contributed by atoms with Gasteiger partial charge in [0.15, 0.2) is 0 Å². The van der Waals surface area contributed by atoms with Crippen molar-refractivity contribution >= 4 is 11.8 Å². The molecule has 7 rings (SSSR count). The lowest BCUT2D eigenvalue weighted by Gasteiger charge is -2.19. The first kappa shape index (κ1) is 17.9. The molecule has 0 aromatic carbocycles. The fraction of sp³-hybridized carbons (Fsp3) is 0.760. The molecule has 5 nitrogen and oxygen atoms in total. The number of fused-ring (bicyclic) bond motifs is 10. The highest BCUT2D eigenvalue weighted by molar-refractivity contribution is 5.84. The van der Waals surface area contributed by atoms with E-state index < -0.39 is 0 Å². The minimum absolute atomic E-state index is 0.177. The summed E-state index contributed by atoms with van der Waals surface area (Å²) in [5.74, 6) is 8.08. The van der Waals surface area contributed by atoms with Crippen LogP contribution in [-0.2, 0) is 9.59 Å². The predicted molar refractivity (Wildman–Crippen MR) is 110 cm³/mol. The smallest absolute Gasteiger partial charge is 0.224 e. The zero-order valence-electron chi connectivity index (χ0n) is 17.7. The van der Waals surface area contributed by atoms with Gasteiger partial charge in [-0.1, -0.05) is 0 Å². The number of carbonyl (C=O) groups is 2. The Morgan fingerprint density at radius 3 is 1.93 bits per heavy atom. The van der Waals surface area contributed by atoms with Crippen molar-refractivity contribution in [3.8, 4) is 0 Å². The van der Waals surface area contributed by atoms with E-state index in [1.54, 1.807) is 0 Å². The van der Waals surface area contributed by atoms with E-state index >= 15 is 0 Å². The molecule has 160 valence electrons. The summed E-state index contributed by atoms with van der Waals surface area (Å²) in [4.78, 5) is 26.0. The molecule has 30 heavy (non-hydrogen) atoms. The number of hydrogen-bond donors (Lipinski definition) is 2. The number of furan rings is 1. The molecule has 5 heteroatoms. The average Bonchev–Trinajstić information content (AvgIpc) is 3.20. The molecule has 4 bridgehead atoms. The lowest BCUT2D eigenvalue weighted by molar-refractivity contribution is -0.126. The number of amides is 2. The molecule has 1 aromatic heterocycles. The van der Waals surface area contributed by atoms with Gasteiger partial charge in [0.1, 0.15) is 17.6 Å². The van der Waals surface area contributed by atoms with Gasteiger partial charge in [-0.05, 0) is 105 Å². The van der Waals surface area contributed by atoms with Crippen LogP contribution in [0, 0.1) is 66.1 Å². The summed E-state index contributed by atoms with van der Waals surface area (Å²) in [6.45, 7) is 2.35. The summed E-state index contributed by atoms with van der Waals surface area (Å²) in [6.07, 6.45) is 7.99. The molecule has 2 N–H and O–H groups in total. The van der Waals surface area contributed by atoms with Crippen LogP contribution in [0.4, 0.5) is 0 Å². The second-order valence-electron chi connectivity index (χ2n) is 11.3. The molecule has 1 heterocycles. The minimum atomic E-state index is -0.274. The predicted octanol–water partition coefficient (Wildman–Crippen LogP) is 3.45. The quantitative estimate of drug-likeness (QED) is 0.757. The second kappa shape index (κ2) is 6.14. The molecule has 6 saturated carbocycles. The molecule has 1 aromatic rings. The van der Waals surface area contributed by atoms with E-state index in [0.717, 1.165) is 35.2 Å². The third-order valence-corrected chi connectivity index (χ3v) is 9.98.